The van der Waals surface area contributed by atoms with Gasteiger partial charge in [0.25, 0.3) is 0 Å². The van der Waals surface area contributed by atoms with Crippen molar-refractivity contribution in [3.63, 3.8) is 0 Å². The third-order valence-corrected chi connectivity index (χ3v) is 7.38. The smallest absolute Gasteiger partial charge is 0.341 e. The Kier molecular flexibility index (Phi) is 9.28. The first kappa shape index (κ1) is 26.7. The number of sulfone groups is 1. The molecule has 35 heavy (non-hydrogen) atoms. The molecule has 7 nitrogen and oxygen atoms in total. The summed E-state index contributed by atoms with van der Waals surface area (Å²) < 4.78 is 36.4. The van der Waals surface area contributed by atoms with Crippen LogP contribution in [0.25, 0.3) is 0 Å². The van der Waals surface area contributed by atoms with Crippen molar-refractivity contribution in [1.82, 2.24) is 5.32 Å². The summed E-state index contributed by atoms with van der Waals surface area (Å²) in [4.78, 5) is 12.2. The van der Waals surface area contributed by atoms with E-state index < -0.39 is 21.9 Å². The number of rotatable bonds is 11. The molecule has 0 aliphatic carbocycles. The lowest BCUT2D eigenvalue weighted by Crippen LogP contribution is -2.23. The summed E-state index contributed by atoms with van der Waals surface area (Å²) >= 11 is 5.96. The second-order valence-corrected chi connectivity index (χ2v) is 10.1. The van der Waals surface area contributed by atoms with E-state index >= 15 is 0 Å². The normalized spacial score (nSPS) is 12.2. The number of halogens is 1. The fourth-order valence-electron chi connectivity index (χ4n) is 3.49. The van der Waals surface area contributed by atoms with Gasteiger partial charge in [0.2, 0.25) is 9.84 Å². The van der Waals surface area contributed by atoms with Gasteiger partial charge in [0.05, 0.1) is 29.6 Å². The van der Waals surface area contributed by atoms with Crippen molar-refractivity contribution in [2.24, 2.45) is 0 Å². The van der Waals surface area contributed by atoms with Crippen LogP contribution in [-0.4, -0.2) is 46.3 Å². The zero-order valence-corrected chi connectivity index (χ0v) is 21.1. The van der Waals surface area contributed by atoms with E-state index in [1.807, 2.05) is 6.07 Å². The number of esters is 1. The Morgan fingerprint density at radius 3 is 2.43 bits per heavy atom. The van der Waals surface area contributed by atoms with Gasteiger partial charge in [-0.1, -0.05) is 35.9 Å². The third-order valence-electron chi connectivity index (χ3n) is 5.37. The Bertz CT molecular complexity index is 1260. The number of carbonyl (C=O) groups excluding carboxylic acids is 1. The van der Waals surface area contributed by atoms with Crippen molar-refractivity contribution in [1.29, 1.82) is 0 Å². The zero-order chi connectivity index (χ0) is 25.4. The maximum Gasteiger partial charge on any atom is 0.341 e. The number of methoxy groups -OCH3 is 1. The molecule has 3 rings (SSSR count). The average molecular weight is 518 g/mol. The highest BCUT2D eigenvalue weighted by Gasteiger charge is 2.22. The van der Waals surface area contributed by atoms with Crippen molar-refractivity contribution < 1.29 is 27.8 Å². The number of hydrogen-bond acceptors (Lipinski definition) is 7. The van der Waals surface area contributed by atoms with Gasteiger partial charge >= 0.3 is 5.97 Å². The lowest BCUT2D eigenvalue weighted by molar-refractivity contribution is 0.0522. The van der Waals surface area contributed by atoms with E-state index in [1.54, 1.807) is 49.4 Å². The van der Waals surface area contributed by atoms with Gasteiger partial charge < -0.3 is 19.9 Å². The predicted molar refractivity (Wildman–Crippen MR) is 134 cm³/mol. The third kappa shape index (κ3) is 6.82. The summed E-state index contributed by atoms with van der Waals surface area (Å²) in [5.74, 6) is -0.446. The van der Waals surface area contributed by atoms with Gasteiger partial charge in [0, 0.05) is 17.6 Å². The molecule has 9 heteroatoms. The molecular weight excluding hydrogens is 490 g/mol. The molecule has 0 heterocycles. The molecule has 0 unspecified atom stereocenters. The van der Waals surface area contributed by atoms with Crippen LogP contribution in [0.5, 0.6) is 5.75 Å². The molecule has 0 saturated heterocycles. The van der Waals surface area contributed by atoms with Crippen LogP contribution in [0.3, 0.4) is 0 Å². The highest BCUT2D eigenvalue weighted by molar-refractivity contribution is 7.91. The van der Waals surface area contributed by atoms with Crippen LogP contribution in [0.2, 0.25) is 5.02 Å². The lowest BCUT2D eigenvalue weighted by Gasteiger charge is -2.13. The maximum atomic E-state index is 13.1. The van der Waals surface area contributed by atoms with Crippen LogP contribution in [0.15, 0.2) is 76.5 Å². The van der Waals surface area contributed by atoms with Crippen molar-refractivity contribution in [3.05, 3.63) is 88.4 Å². The average Bonchev–Trinajstić information content (AvgIpc) is 2.86. The fraction of sp³-hybridized carbons (Fsp3) is 0.269. The Hall–Kier alpha value is -2.91. The second-order valence-electron chi connectivity index (χ2n) is 7.75. The van der Waals surface area contributed by atoms with Crippen LogP contribution >= 0.6 is 11.6 Å². The van der Waals surface area contributed by atoms with Gasteiger partial charge in [0.1, 0.15) is 11.3 Å². The van der Waals surface area contributed by atoms with Crippen molar-refractivity contribution >= 4 is 27.4 Å². The summed E-state index contributed by atoms with van der Waals surface area (Å²) in [6.45, 7) is 2.87. The van der Waals surface area contributed by atoms with E-state index in [4.69, 9.17) is 21.1 Å². The Labute approximate surface area is 210 Å². The summed E-state index contributed by atoms with van der Waals surface area (Å²) in [7, 11) is -2.44. The first-order valence-electron chi connectivity index (χ1n) is 11.1. The van der Waals surface area contributed by atoms with Crippen molar-refractivity contribution in [2.75, 3.05) is 26.8 Å². The van der Waals surface area contributed by atoms with Crippen LogP contribution in [0.4, 0.5) is 0 Å². The van der Waals surface area contributed by atoms with E-state index in [9.17, 15) is 18.3 Å². The molecule has 0 aliphatic rings. The summed E-state index contributed by atoms with van der Waals surface area (Å²) in [6.07, 6.45) is -0.0154. The molecule has 3 aromatic rings. The van der Waals surface area contributed by atoms with Crippen molar-refractivity contribution in [3.8, 4) is 5.75 Å². The Morgan fingerprint density at radius 2 is 1.77 bits per heavy atom. The number of carbonyl (C=O) groups is 1. The molecule has 0 spiro atoms. The topological polar surface area (TPSA) is 102 Å². The molecule has 0 saturated carbocycles. The van der Waals surface area contributed by atoms with E-state index in [-0.39, 0.29) is 27.7 Å². The molecule has 0 radical (unpaired) electrons. The minimum absolute atomic E-state index is 0.0202. The standard InChI is InChI=1S/C26H28ClNO6S/c1-3-34-26(30)23-12-11-22(16-25(23)33-2)35(31,32)21-9-7-18(8-10-21)13-14-28-17-24(29)19-5-4-6-20(27)15-19/h4-12,15-16,24,28-29H,3,13-14,17H2,1-2H3/t24-/m0/s1. The Morgan fingerprint density at radius 1 is 1.06 bits per heavy atom. The molecule has 3 aromatic carbocycles. The molecule has 0 bridgehead atoms. The molecule has 186 valence electrons. The van der Waals surface area contributed by atoms with Crippen LogP contribution in [-0.2, 0) is 21.0 Å². The predicted octanol–water partition coefficient (Wildman–Crippen LogP) is 4.22. The molecule has 0 amide bonds. The van der Waals surface area contributed by atoms with Gasteiger partial charge in [-0.3, -0.25) is 0 Å². The van der Waals surface area contributed by atoms with Crippen LogP contribution < -0.4 is 10.1 Å². The Balaban J connectivity index is 1.62. The first-order valence-corrected chi connectivity index (χ1v) is 13.0. The molecular formula is C26H28ClNO6S. The molecule has 0 aliphatic heterocycles. The van der Waals surface area contributed by atoms with Crippen LogP contribution in [0, 0.1) is 0 Å². The lowest BCUT2D eigenvalue weighted by atomic mass is 10.1. The van der Waals surface area contributed by atoms with Gasteiger partial charge in [-0.15, -0.1) is 0 Å². The minimum Gasteiger partial charge on any atom is -0.496 e. The highest BCUT2D eigenvalue weighted by atomic mass is 35.5. The quantitative estimate of drug-likeness (QED) is 0.290. The molecule has 0 aromatic heterocycles. The van der Waals surface area contributed by atoms with Crippen molar-refractivity contribution in [2.45, 2.75) is 29.2 Å². The number of aliphatic hydroxyl groups excluding tert-OH is 1. The van der Waals surface area contributed by atoms with E-state index in [0.717, 1.165) is 11.1 Å². The molecule has 1 atom stereocenters. The van der Waals surface area contributed by atoms with Gasteiger partial charge in [0.15, 0.2) is 0 Å². The largest absolute Gasteiger partial charge is 0.496 e. The van der Waals surface area contributed by atoms with E-state index in [0.29, 0.717) is 24.5 Å². The first-order chi connectivity index (χ1) is 16.8. The summed E-state index contributed by atoms with van der Waals surface area (Å²) in [5.41, 5.74) is 1.85. The van der Waals surface area contributed by atoms with Gasteiger partial charge in [-0.25, -0.2) is 13.2 Å². The number of benzene rings is 3. The van der Waals surface area contributed by atoms with E-state index in [2.05, 4.69) is 5.32 Å². The summed E-state index contributed by atoms with van der Waals surface area (Å²) in [6, 6.07) is 17.8. The maximum absolute atomic E-state index is 13.1. The number of ether oxygens (including phenoxy) is 2. The monoisotopic (exact) mass is 517 g/mol. The number of aliphatic hydroxyl groups is 1. The molecule has 0 fully saturated rings. The number of nitrogens with one attached hydrogen (secondary N) is 1. The highest BCUT2D eigenvalue weighted by Crippen LogP contribution is 2.28. The fourth-order valence-corrected chi connectivity index (χ4v) is 4.97. The van der Waals surface area contributed by atoms with Gasteiger partial charge in [-0.2, -0.15) is 0 Å². The summed E-state index contributed by atoms with van der Waals surface area (Å²) in [5, 5.41) is 14.0. The van der Waals surface area contributed by atoms with E-state index in [1.165, 1.54) is 25.3 Å². The zero-order valence-electron chi connectivity index (χ0n) is 19.5. The second kappa shape index (κ2) is 12.2. The number of hydrogen-bond donors (Lipinski definition) is 2. The SMILES string of the molecule is CCOC(=O)c1ccc(S(=O)(=O)c2ccc(CCNC[C@H](O)c3cccc(Cl)c3)cc2)cc1OC. The van der Waals surface area contributed by atoms with Gasteiger partial charge in [-0.05, 0) is 67.4 Å². The van der Waals surface area contributed by atoms with Crippen LogP contribution in [0.1, 0.15) is 34.5 Å². The molecule has 2 N–H and O–H groups in total. The minimum atomic E-state index is -3.81.